The fraction of sp³-hybridized carbons (Fsp3) is 0.167. The number of nitrogens with two attached hydrogens (primary N) is 1. The van der Waals surface area contributed by atoms with Crippen molar-refractivity contribution in [3.8, 4) is 0 Å². The molecule has 94 valence electrons. The summed E-state index contributed by atoms with van der Waals surface area (Å²) in [5, 5.41) is 6.27. The number of esters is 1. The molecular formula is C12H13N3O2S. The molecule has 3 N–H and O–H groups in total. The van der Waals surface area contributed by atoms with Crippen LogP contribution in [0, 0.1) is 0 Å². The Morgan fingerprint density at radius 1 is 1.44 bits per heavy atom. The lowest BCUT2D eigenvalue weighted by atomic mass is 10.1. The van der Waals surface area contributed by atoms with Crippen LogP contribution in [0.15, 0.2) is 34.8 Å². The van der Waals surface area contributed by atoms with Crippen LogP contribution in [0.5, 0.6) is 0 Å². The van der Waals surface area contributed by atoms with Gasteiger partial charge in [0.15, 0.2) is 5.17 Å². The molecule has 1 heterocycles. The molecule has 0 saturated carbocycles. The van der Waals surface area contributed by atoms with Gasteiger partial charge in [-0.15, -0.1) is 0 Å². The van der Waals surface area contributed by atoms with Crippen LogP contribution in [0.4, 0.5) is 0 Å². The highest BCUT2D eigenvalue weighted by Gasteiger charge is 2.09. The zero-order valence-corrected chi connectivity index (χ0v) is 10.7. The number of benzene rings is 1. The van der Waals surface area contributed by atoms with E-state index in [2.05, 4.69) is 10.5 Å². The van der Waals surface area contributed by atoms with Gasteiger partial charge in [-0.3, -0.25) is 5.43 Å². The fourth-order valence-corrected chi connectivity index (χ4v) is 1.95. The third-order valence-electron chi connectivity index (χ3n) is 2.29. The Labute approximate surface area is 109 Å². The van der Waals surface area contributed by atoms with Crippen molar-refractivity contribution in [2.24, 2.45) is 10.8 Å². The minimum Gasteiger partial charge on any atom is -0.462 e. The summed E-state index contributed by atoms with van der Waals surface area (Å²) in [7, 11) is 0. The first-order chi connectivity index (χ1) is 8.70. The van der Waals surface area contributed by atoms with Gasteiger partial charge in [-0.2, -0.15) is 5.10 Å². The van der Waals surface area contributed by atoms with E-state index in [9.17, 15) is 4.79 Å². The Kier molecular flexibility index (Phi) is 3.88. The molecule has 1 aromatic rings. The monoisotopic (exact) mass is 263 g/mol. The van der Waals surface area contributed by atoms with Gasteiger partial charge in [-0.25, -0.2) is 4.79 Å². The molecule has 1 aliphatic heterocycles. The van der Waals surface area contributed by atoms with E-state index in [-0.39, 0.29) is 5.97 Å². The zero-order valence-electron chi connectivity index (χ0n) is 9.84. The van der Waals surface area contributed by atoms with Gasteiger partial charge >= 0.3 is 5.97 Å². The molecule has 0 aliphatic carbocycles. The molecule has 5 nitrogen and oxygen atoms in total. The molecule has 1 aliphatic rings. The third kappa shape index (κ3) is 2.84. The molecule has 0 bridgehead atoms. The second-order valence-electron chi connectivity index (χ2n) is 3.51. The summed E-state index contributed by atoms with van der Waals surface area (Å²) in [6, 6.07) is 7.12. The lowest BCUT2D eigenvalue weighted by Crippen LogP contribution is -2.17. The van der Waals surface area contributed by atoms with Gasteiger partial charge in [-0.05, 0) is 19.1 Å². The molecule has 1 aromatic carbocycles. The SMILES string of the molecule is CCOC(=O)c1ccc(C2=CSC(N)=NN2)cc1. The summed E-state index contributed by atoms with van der Waals surface area (Å²) in [5.41, 5.74) is 10.7. The van der Waals surface area contributed by atoms with E-state index in [1.54, 1.807) is 19.1 Å². The molecule has 0 radical (unpaired) electrons. The van der Waals surface area contributed by atoms with Crippen molar-refractivity contribution in [1.82, 2.24) is 5.43 Å². The average Bonchev–Trinajstić information content (AvgIpc) is 2.40. The second kappa shape index (κ2) is 5.59. The maximum Gasteiger partial charge on any atom is 0.338 e. The van der Waals surface area contributed by atoms with E-state index >= 15 is 0 Å². The maximum absolute atomic E-state index is 11.5. The highest BCUT2D eigenvalue weighted by atomic mass is 32.2. The first-order valence-corrected chi connectivity index (χ1v) is 6.32. The summed E-state index contributed by atoms with van der Waals surface area (Å²) in [4.78, 5) is 11.5. The summed E-state index contributed by atoms with van der Waals surface area (Å²) in [6.45, 7) is 2.15. The smallest absolute Gasteiger partial charge is 0.338 e. The molecule has 0 unspecified atom stereocenters. The highest BCUT2D eigenvalue weighted by molar-refractivity contribution is 8.16. The highest BCUT2D eigenvalue weighted by Crippen LogP contribution is 2.20. The standard InChI is InChI=1S/C12H13N3O2S/c1-2-17-11(16)9-5-3-8(4-6-9)10-7-18-12(13)15-14-10/h3-7,14H,2H2,1H3,(H2,13,15). The van der Waals surface area contributed by atoms with Crippen molar-refractivity contribution in [2.75, 3.05) is 6.61 Å². The predicted molar refractivity (Wildman–Crippen MR) is 72.7 cm³/mol. The molecule has 6 heteroatoms. The van der Waals surface area contributed by atoms with Gasteiger partial charge in [0.1, 0.15) is 0 Å². The van der Waals surface area contributed by atoms with Crippen molar-refractivity contribution in [3.63, 3.8) is 0 Å². The maximum atomic E-state index is 11.5. The van der Waals surface area contributed by atoms with Gasteiger partial charge < -0.3 is 10.5 Å². The van der Waals surface area contributed by atoms with Gasteiger partial charge in [0.05, 0.1) is 17.9 Å². The molecule has 18 heavy (non-hydrogen) atoms. The van der Waals surface area contributed by atoms with Gasteiger partial charge in [-0.1, -0.05) is 23.9 Å². The van der Waals surface area contributed by atoms with Crippen molar-refractivity contribution in [1.29, 1.82) is 0 Å². The van der Waals surface area contributed by atoms with E-state index in [4.69, 9.17) is 10.5 Å². The van der Waals surface area contributed by atoms with Crippen molar-refractivity contribution >= 4 is 28.6 Å². The normalized spacial score (nSPS) is 14.3. The number of amidine groups is 1. The van der Waals surface area contributed by atoms with E-state index in [0.29, 0.717) is 17.3 Å². The molecule has 0 saturated heterocycles. The third-order valence-corrected chi connectivity index (χ3v) is 2.98. The first kappa shape index (κ1) is 12.5. The number of rotatable bonds is 3. The van der Waals surface area contributed by atoms with Crippen LogP contribution >= 0.6 is 11.8 Å². The van der Waals surface area contributed by atoms with Crippen molar-refractivity contribution in [3.05, 3.63) is 40.8 Å². The summed E-state index contributed by atoms with van der Waals surface area (Å²) in [6.07, 6.45) is 0. The van der Waals surface area contributed by atoms with E-state index in [1.807, 2.05) is 17.5 Å². The lowest BCUT2D eigenvalue weighted by Gasteiger charge is -2.12. The Morgan fingerprint density at radius 3 is 2.72 bits per heavy atom. The van der Waals surface area contributed by atoms with Crippen molar-refractivity contribution in [2.45, 2.75) is 6.92 Å². The molecule has 0 aromatic heterocycles. The van der Waals surface area contributed by atoms with Gasteiger partial charge in [0, 0.05) is 11.0 Å². The molecule has 2 rings (SSSR count). The molecule has 0 fully saturated rings. The summed E-state index contributed by atoms with van der Waals surface area (Å²) >= 11 is 1.35. The topological polar surface area (TPSA) is 76.7 Å². The minimum absolute atomic E-state index is 0.314. The largest absolute Gasteiger partial charge is 0.462 e. The summed E-state index contributed by atoms with van der Waals surface area (Å²) < 4.78 is 4.92. The number of hydrogen-bond acceptors (Lipinski definition) is 6. The molecule has 0 amide bonds. The van der Waals surface area contributed by atoms with Crippen molar-refractivity contribution < 1.29 is 9.53 Å². The molecule has 0 atom stereocenters. The molecular weight excluding hydrogens is 250 g/mol. The van der Waals surface area contributed by atoms with Crippen LogP contribution in [-0.4, -0.2) is 17.7 Å². The number of nitrogens with zero attached hydrogens (tertiary/aromatic N) is 1. The summed E-state index contributed by atoms with van der Waals surface area (Å²) in [5.74, 6) is -0.314. The fourth-order valence-electron chi connectivity index (χ4n) is 1.42. The zero-order chi connectivity index (χ0) is 13.0. The Bertz CT molecular complexity index is 509. The minimum atomic E-state index is -0.314. The lowest BCUT2D eigenvalue weighted by molar-refractivity contribution is 0.0526. The van der Waals surface area contributed by atoms with Gasteiger partial charge in [0.2, 0.25) is 0 Å². The number of nitrogens with one attached hydrogen (secondary N) is 1. The number of ether oxygens (including phenoxy) is 1. The van der Waals surface area contributed by atoms with Crippen LogP contribution in [-0.2, 0) is 4.74 Å². The number of thioether (sulfide) groups is 1. The number of carbonyl (C=O) groups is 1. The van der Waals surface area contributed by atoms with E-state index < -0.39 is 0 Å². The van der Waals surface area contributed by atoms with Gasteiger partial charge in [0.25, 0.3) is 0 Å². The molecule has 0 spiro atoms. The van der Waals surface area contributed by atoms with Crippen LogP contribution in [0.2, 0.25) is 0 Å². The van der Waals surface area contributed by atoms with E-state index in [0.717, 1.165) is 11.3 Å². The first-order valence-electron chi connectivity index (χ1n) is 5.44. The quantitative estimate of drug-likeness (QED) is 0.812. The van der Waals surface area contributed by atoms with E-state index in [1.165, 1.54) is 11.8 Å². The Morgan fingerprint density at radius 2 is 2.17 bits per heavy atom. The Balaban J connectivity index is 2.11. The van der Waals surface area contributed by atoms with Crippen LogP contribution < -0.4 is 11.2 Å². The number of hydrazone groups is 1. The number of hydrogen-bond donors (Lipinski definition) is 2. The predicted octanol–water partition coefficient (Wildman–Crippen LogP) is 1.73. The van der Waals surface area contributed by atoms with Crippen LogP contribution in [0.1, 0.15) is 22.8 Å². The van der Waals surface area contributed by atoms with Crippen LogP contribution in [0.3, 0.4) is 0 Å². The second-order valence-corrected chi connectivity index (χ2v) is 4.40. The Hall–Kier alpha value is -1.95. The average molecular weight is 263 g/mol. The van der Waals surface area contributed by atoms with Crippen LogP contribution in [0.25, 0.3) is 5.70 Å². The number of carbonyl (C=O) groups excluding carboxylic acids is 1.